The molecule has 82 heavy (non-hydrogen) atoms. The Morgan fingerprint density at radius 2 is 0.671 bits per heavy atom. The number of carbonyl (C=O) groups excluding carboxylic acids is 2. The summed E-state index contributed by atoms with van der Waals surface area (Å²) in [5, 5.41) is 0. The fraction of sp³-hybridized carbons (Fsp3) is 0.806. The first-order chi connectivity index (χ1) is 40.3. The second kappa shape index (κ2) is 67.6. The van der Waals surface area contributed by atoms with E-state index in [4.69, 9.17) is 24.3 Å². The molecule has 0 radical (unpaired) electrons. The number of phosphoric acid groups is 1. The largest absolute Gasteiger partial charge is 0.472 e. The molecule has 0 fully saturated rings. The summed E-state index contributed by atoms with van der Waals surface area (Å²) >= 11 is 0. The SMILES string of the molecule is CC/C=C\C/C=C\C/C=C\C/C=C\C/C=C\C/C=C\CCCCC(=O)OC(COC(=O)CCCCCCCCCCCCCCCCCCCCCCCCCCCCCCCCCCCCCCCCCC)COP(=O)(O)OCCN. The average molecular weight is 1170 g/mol. The molecule has 0 aromatic carbocycles. The van der Waals surface area contributed by atoms with Crippen molar-refractivity contribution in [2.75, 3.05) is 26.4 Å². The highest BCUT2D eigenvalue weighted by Gasteiger charge is 2.26. The van der Waals surface area contributed by atoms with E-state index in [-0.39, 0.29) is 38.6 Å². The van der Waals surface area contributed by atoms with Gasteiger partial charge < -0.3 is 20.1 Å². The minimum atomic E-state index is -4.41. The van der Waals surface area contributed by atoms with Gasteiger partial charge in [-0.25, -0.2) is 4.57 Å². The van der Waals surface area contributed by atoms with E-state index in [1.807, 2.05) is 0 Å². The van der Waals surface area contributed by atoms with Crippen molar-refractivity contribution in [2.45, 2.75) is 347 Å². The zero-order chi connectivity index (χ0) is 59.4. The molecule has 0 aromatic heterocycles. The van der Waals surface area contributed by atoms with Crippen LogP contribution in [0.3, 0.4) is 0 Å². The number of unbranched alkanes of at least 4 members (excludes halogenated alkanes) is 41. The molecule has 0 spiro atoms. The van der Waals surface area contributed by atoms with Crippen molar-refractivity contribution in [2.24, 2.45) is 5.73 Å². The molecule has 0 aliphatic carbocycles. The quantitative estimate of drug-likeness (QED) is 0.0264. The Kier molecular flexibility index (Phi) is 65.5. The van der Waals surface area contributed by atoms with Crippen molar-refractivity contribution in [1.82, 2.24) is 0 Å². The maximum Gasteiger partial charge on any atom is 0.472 e. The molecule has 0 aliphatic heterocycles. The van der Waals surface area contributed by atoms with Crippen molar-refractivity contribution in [3.05, 3.63) is 72.9 Å². The third-order valence-corrected chi connectivity index (χ3v) is 16.3. The Hall–Kier alpha value is -2.55. The zero-order valence-corrected chi connectivity index (χ0v) is 54.6. The van der Waals surface area contributed by atoms with Crippen molar-refractivity contribution in [1.29, 1.82) is 0 Å². The number of hydrogen-bond donors (Lipinski definition) is 2. The molecule has 478 valence electrons. The van der Waals surface area contributed by atoms with Crippen LogP contribution >= 0.6 is 7.82 Å². The molecule has 0 amide bonds. The molecule has 0 rings (SSSR count). The van der Waals surface area contributed by atoms with E-state index in [9.17, 15) is 19.0 Å². The van der Waals surface area contributed by atoms with Gasteiger partial charge in [0.15, 0.2) is 6.10 Å². The van der Waals surface area contributed by atoms with Crippen LogP contribution in [-0.4, -0.2) is 49.3 Å². The van der Waals surface area contributed by atoms with E-state index in [0.717, 1.165) is 70.6 Å². The highest BCUT2D eigenvalue weighted by Crippen LogP contribution is 2.43. The van der Waals surface area contributed by atoms with Gasteiger partial charge in [0.25, 0.3) is 0 Å². The van der Waals surface area contributed by atoms with Crippen LogP contribution in [0.5, 0.6) is 0 Å². The number of hydrogen-bond acceptors (Lipinski definition) is 8. The van der Waals surface area contributed by atoms with Crippen molar-refractivity contribution in [3.8, 4) is 0 Å². The Balaban J connectivity index is 3.79. The number of esters is 2. The normalized spacial score (nSPS) is 13.4. The third kappa shape index (κ3) is 66.6. The lowest BCUT2D eigenvalue weighted by molar-refractivity contribution is -0.161. The van der Waals surface area contributed by atoms with E-state index in [2.05, 4.69) is 86.8 Å². The Morgan fingerprint density at radius 3 is 1.00 bits per heavy atom. The van der Waals surface area contributed by atoms with Crippen LogP contribution in [0.2, 0.25) is 0 Å². The van der Waals surface area contributed by atoms with E-state index < -0.39 is 26.5 Å². The number of ether oxygens (including phenoxy) is 2. The summed E-state index contributed by atoms with van der Waals surface area (Å²) in [5.74, 6) is -0.870. The lowest BCUT2D eigenvalue weighted by Gasteiger charge is -2.19. The number of allylic oxidation sites excluding steroid dienone is 12. The fourth-order valence-electron chi connectivity index (χ4n) is 10.2. The van der Waals surface area contributed by atoms with Gasteiger partial charge in [-0.1, -0.05) is 337 Å². The van der Waals surface area contributed by atoms with Crippen LogP contribution < -0.4 is 5.73 Å². The molecule has 0 bridgehead atoms. The molecule has 0 aromatic rings. The van der Waals surface area contributed by atoms with E-state index in [1.54, 1.807) is 0 Å². The van der Waals surface area contributed by atoms with Crippen LogP contribution in [0.25, 0.3) is 0 Å². The monoisotopic (exact) mass is 1170 g/mol. The molecule has 0 heterocycles. The Bertz CT molecular complexity index is 1570. The number of nitrogens with two attached hydrogens (primary N) is 1. The summed E-state index contributed by atoms with van der Waals surface area (Å²) in [5.41, 5.74) is 5.39. The van der Waals surface area contributed by atoms with Gasteiger partial charge in [0.05, 0.1) is 13.2 Å². The van der Waals surface area contributed by atoms with Gasteiger partial charge in [-0.15, -0.1) is 0 Å². The zero-order valence-electron chi connectivity index (χ0n) is 53.7. The summed E-state index contributed by atoms with van der Waals surface area (Å²) < 4.78 is 33.1. The molecule has 0 aliphatic rings. The smallest absolute Gasteiger partial charge is 0.462 e. The second-order valence-electron chi connectivity index (χ2n) is 23.4. The minimum absolute atomic E-state index is 0.0440. The first-order valence-electron chi connectivity index (χ1n) is 34.9. The van der Waals surface area contributed by atoms with Crippen molar-refractivity contribution in [3.63, 3.8) is 0 Å². The van der Waals surface area contributed by atoms with Crippen LogP contribution in [0.4, 0.5) is 0 Å². The summed E-state index contributed by atoms with van der Waals surface area (Å²) in [7, 11) is -4.41. The summed E-state index contributed by atoms with van der Waals surface area (Å²) in [6.45, 7) is 3.62. The molecule has 2 unspecified atom stereocenters. The fourth-order valence-corrected chi connectivity index (χ4v) is 11.0. The number of phosphoric ester groups is 1. The van der Waals surface area contributed by atoms with Gasteiger partial charge in [-0.2, -0.15) is 0 Å². The second-order valence-corrected chi connectivity index (χ2v) is 24.8. The third-order valence-electron chi connectivity index (χ3n) is 15.4. The standard InChI is InChI=1S/C72H132NO8P/c1-3-5-7-9-11-13-15-17-19-21-23-25-26-27-28-29-30-31-32-33-34-35-36-37-38-39-40-41-42-43-45-46-48-50-52-54-56-58-60-62-64-71(74)78-68-70(69-80-82(76,77)79-67-66-73)81-72(75)65-63-61-59-57-55-53-51-49-47-44-24-22-20-18-16-14-12-10-8-6-4-2/h6,8,12,14,18,20,24,44,49,51,55,57,70H,3-5,7,9-11,13,15-17,19,21-23,25-43,45-48,50,52-54,56,58-69,73H2,1-2H3,(H,76,77)/b8-6-,14-12-,20-18-,44-24-,51-49-,57-55-. The molecule has 3 N–H and O–H groups in total. The molecule has 2 atom stereocenters. The first kappa shape index (κ1) is 79.5. The summed E-state index contributed by atoms with van der Waals surface area (Å²) in [4.78, 5) is 35.3. The molecular formula is C72H132NO8P. The summed E-state index contributed by atoms with van der Waals surface area (Å²) in [6.07, 6.45) is 88.9. The molecule has 0 saturated carbocycles. The van der Waals surface area contributed by atoms with E-state index >= 15 is 0 Å². The number of carbonyl (C=O) groups is 2. The average Bonchev–Trinajstić information content (AvgIpc) is 3.48. The Labute approximate surface area is 507 Å². The van der Waals surface area contributed by atoms with Gasteiger partial charge in [0.1, 0.15) is 6.61 Å². The molecular weight excluding hydrogens is 1040 g/mol. The summed E-state index contributed by atoms with van der Waals surface area (Å²) in [6, 6.07) is 0. The van der Waals surface area contributed by atoms with Gasteiger partial charge in [-0.3, -0.25) is 18.6 Å². The van der Waals surface area contributed by atoms with Crippen LogP contribution in [-0.2, 0) is 32.7 Å². The van der Waals surface area contributed by atoms with Crippen LogP contribution in [0, 0.1) is 0 Å². The Morgan fingerprint density at radius 1 is 0.378 bits per heavy atom. The molecule has 0 saturated heterocycles. The van der Waals surface area contributed by atoms with Crippen LogP contribution in [0.1, 0.15) is 341 Å². The lowest BCUT2D eigenvalue weighted by atomic mass is 10.0. The van der Waals surface area contributed by atoms with E-state index in [0.29, 0.717) is 6.42 Å². The van der Waals surface area contributed by atoms with Gasteiger partial charge in [-0.05, 0) is 64.2 Å². The number of rotatable bonds is 66. The van der Waals surface area contributed by atoms with Crippen LogP contribution in [0.15, 0.2) is 72.9 Å². The lowest BCUT2D eigenvalue weighted by Crippen LogP contribution is -2.29. The van der Waals surface area contributed by atoms with E-state index in [1.165, 1.54) is 238 Å². The highest BCUT2D eigenvalue weighted by molar-refractivity contribution is 7.47. The predicted molar refractivity (Wildman–Crippen MR) is 353 cm³/mol. The van der Waals surface area contributed by atoms with Gasteiger partial charge in [0, 0.05) is 19.4 Å². The van der Waals surface area contributed by atoms with Crippen molar-refractivity contribution < 1.29 is 37.6 Å². The van der Waals surface area contributed by atoms with Gasteiger partial charge >= 0.3 is 19.8 Å². The maximum absolute atomic E-state index is 12.7. The topological polar surface area (TPSA) is 134 Å². The highest BCUT2D eigenvalue weighted by atomic mass is 31.2. The predicted octanol–water partition coefficient (Wildman–Crippen LogP) is 22.8. The molecule has 10 heteroatoms. The maximum atomic E-state index is 12.7. The molecule has 9 nitrogen and oxygen atoms in total. The van der Waals surface area contributed by atoms with Crippen molar-refractivity contribution >= 4 is 19.8 Å². The first-order valence-corrected chi connectivity index (χ1v) is 36.4. The minimum Gasteiger partial charge on any atom is -0.462 e. The van der Waals surface area contributed by atoms with Gasteiger partial charge in [0.2, 0.25) is 0 Å².